The summed E-state index contributed by atoms with van der Waals surface area (Å²) >= 11 is 0. The second-order valence-electron chi connectivity index (χ2n) is 3.26. The van der Waals surface area contributed by atoms with Gasteiger partial charge in [-0.15, -0.1) is 0 Å². The summed E-state index contributed by atoms with van der Waals surface area (Å²) in [5, 5.41) is 0. The molecule has 100 valence electrons. The van der Waals surface area contributed by atoms with Crippen molar-refractivity contribution >= 4 is 12.6 Å². The minimum Gasteiger partial charge on any atom is -0.310 e. The lowest BCUT2D eigenvalue weighted by Crippen LogP contribution is -2.08. The molecule has 0 rings (SSSR count). The summed E-state index contributed by atoms with van der Waals surface area (Å²) in [7, 11) is 8.22. The van der Waals surface area contributed by atoms with Gasteiger partial charge < -0.3 is 19.4 Å². The van der Waals surface area contributed by atoms with Crippen LogP contribution in [0, 0.1) is 0 Å². The van der Waals surface area contributed by atoms with Crippen LogP contribution in [-0.2, 0) is 9.59 Å². The number of aldehydes is 2. The third kappa shape index (κ3) is 188. The lowest BCUT2D eigenvalue weighted by atomic mass is 10.7. The Morgan fingerprint density at radius 3 is 0.812 bits per heavy atom. The molecule has 0 saturated carbocycles. The second kappa shape index (κ2) is 29.2. The Morgan fingerprint density at radius 2 is 0.812 bits per heavy atom. The van der Waals surface area contributed by atoms with Crippen LogP contribution in [0.25, 0.3) is 0 Å². The average Bonchev–Trinajstić information content (AvgIpc) is 2.21. The molecule has 0 aliphatic carbocycles. The first-order valence-corrected chi connectivity index (χ1v) is 5.46. The molecule has 0 unspecified atom stereocenters. The monoisotopic (exact) mass is 234 g/mol. The predicted molar refractivity (Wildman–Crippen MR) is 71.9 cm³/mol. The topological polar surface area (TPSA) is 40.6 Å². The highest BCUT2D eigenvalue weighted by atomic mass is 16.1. The van der Waals surface area contributed by atoms with Gasteiger partial charge in [-0.3, -0.25) is 0 Å². The maximum Gasteiger partial charge on any atom is 0.116 e. The van der Waals surface area contributed by atoms with E-state index in [4.69, 9.17) is 9.59 Å². The summed E-state index contributed by atoms with van der Waals surface area (Å²) in [6.45, 7) is 9.42. The Morgan fingerprint density at radius 1 is 0.750 bits per heavy atom. The van der Waals surface area contributed by atoms with Crippen molar-refractivity contribution in [1.29, 1.82) is 0 Å². The van der Waals surface area contributed by atoms with Gasteiger partial charge >= 0.3 is 0 Å². The predicted octanol–water partition coefficient (Wildman–Crippen LogP) is 1.55. The highest BCUT2D eigenvalue weighted by molar-refractivity contribution is 5.44. The average molecular weight is 234 g/mol. The standard InChI is InChI=1S/2C4H11N.2C2H4O/c2*1-4-5(2)3;2*1-2-3/h2*4H2,1-3H3;2*2H,1H3. The lowest BCUT2D eigenvalue weighted by Gasteiger charge is -2.00. The molecule has 0 aromatic rings. The number of carbonyl (C=O) groups is 2. The Bertz CT molecular complexity index is 102. The van der Waals surface area contributed by atoms with Crippen LogP contribution in [0.1, 0.15) is 27.7 Å². The van der Waals surface area contributed by atoms with E-state index in [-0.39, 0.29) is 0 Å². The van der Waals surface area contributed by atoms with Crippen molar-refractivity contribution in [3.8, 4) is 0 Å². The maximum absolute atomic E-state index is 8.81. The molecule has 0 atom stereocenters. The summed E-state index contributed by atoms with van der Waals surface area (Å²) < 4.78 is 0. The van der Waals surface area contributed by atoms with Crippen molar-refractivity contribution in [2.24, 2.45) is 0 Å². The fourth-order valence-corrected chi connectivity index (χ4v) is 0. The van der Waals surface area contributed by atoms with E-state index in [1.54, 1.807) is 0 Å². The fourth-order valence-electron chi connectivity index (χ4n) is 0. The van der Waals surface area contributed by atoms with Crippen LogP contribution >= 0.6 is 0 Å². The molecule has 0 bridgehead atoms. The third-order valence-corrected chi connectivity index (χ3v) is 1.26. The van der Waals surface area contributed by atoms with Gasteiger partial charge in [-0.05, 0) is 55.1 Å². The molecule has 4 nitrogen and oxygen atoms in total. The Labute approximate surface area is 102 Å². The van der Waals surface area contributed by atoms with Crippen molar-refractivity contribution < 1.29 is 9.59 Å². The van der Waals surface area contributed by atoms with E-state index in [0.29, 0.717) is 0 Å². The molecular weight excluding hydrogens is 204 g/mol. The SMILES string of the molecule is CC=O.CC=O.CCN(C)C.CCN(C)C. The molecule has 0 spiro atoms. The molecule has 16 heavy (non-hydrogen) atoms. The van der Waals surface area contributed by atoms with Gasteiger partial charge in [0, 0.05) is 0 Å². The van der Waals surface area contributed by atoms with Gasteiger partial charge in [0.05, 0.1) is 0 Å². The number of hydrogen-bond donors (Lipinski definition) is 0. The zero-order valence-corrected chi connectivity index (χ0v) is 12.3. The zero-order valence-electron chi connectivity index (χ0n) is 12.3. The van der Waals surface area contributed by atoms with Crippen LogP contribution in [0.5, 0.6) is 0 Å². The minimum atomic E-state index is 0.750. The first kappa shape index (κ1) is 24.5. The van der Waals surface area contributed by atoms with Gasteiger partial charge in [0.25, 0.3) is 0 Å². The minimum absolute atomic E-state index is 0.750. The van der Waals surface area contributed by atoms with Crippen LogP contribution in [0.2, 0.25) is 0 Å². The van der Waals surface area contributed by atoms with E-state index in [2.05, 4.69) is 51.8 Å². The van der Waals surface area contributed by atoms with Gasteiger partial charge in [-0.2, -0.15) is 0 Å². The molecule has 0 saturated heterocycles. The van der Waals surface area contributed by atoms with Crippen molar-refractivity contribution in [3.05, 3.63) is 0 Å². The molecule has 0 radical (unpaired) electrons. The quantitative estimate of drug-likeness (QED) is 0.680. The van der Waals surface area contributed by atoms with E-state index in [0.717, 1.165) is 25.7 Å². The molecule has 0 N–H and O–H groups in total. The van der Waals surface area contributed by atoms with Gasteiger partial charge in [0.2, 0.25) is 0 Å². The number of nitrogens with zero attached hydrogens (tertiary/aromatic N) is 2. The van der Waals surface area contributed by atoms with Crippen molar-refractivity contribution in [2.75, 3.05) is 41.3 Å². The molecule has 0 aliphatic rings. The number of hydrogen-bond acceptors (Lipinski definition) is 4. The van der Waals surface area contributed by atoms with Crippen molar-refractivity contribution in [1.82, 2.24) is 9.80 Å². The van der Waals surface area contributed by atoms with Gasteiger partial charge in [-0.1, -0.05) is 13.8 Å². The Kier molecular flexibility index (Phi) is 44.7. The summed E-state index contributed by atoms with van der Waals surface area (Å²) in [6.07, 6.45) is 1.50. The van der Waals surface area contributed by atoms with Crippen LogP contribution in [0.15, 0.2) is 0 Å². The summed E-state index contributed by atoms with van der Waals surface area (Å²) in [5.41, 5.74) is 0. The fraction of sp³-hybridized carbons (Fsp3) is 0.833. The molecule has 0 aromatic carbocycles. The third-order valence-electron chi connectivity index (χ3n) is 1.26. The first-order chi connectivity index (χ1) is 7.37. The van der Waals surface area contributed by atoms with Gasteiger partial charge in [-0.25, -0.2) is 0 Å². The Balaban J connectivity index is -0.0000000621. The van der Waals surface area contributed by atoms with E-state index in [9.17, 15) is 0 Å². The van der Waals surface area contributed by atoms with Crippen LogP contribution in [-0.4, -0.2) is 63.7 Å². The largest absolute Gasteiger partial charge is 0.310 e. The smallest absolute Gasteiger partial charge is 0.116 e. The molecule has 0 heterocycles. The summed E-state index contributed by atoms with van der Waals surface area (Å²) in [6, 6.07) is 0. The van der Waals surface area contributed by atoms with Crippen LogP contribution in [0.3, 0.4) is 0 Å². The molecule has 0 fully saturated rings. The van der Waals surface area contributed by atoms with E-state index in [1.807, 2.05) is 0 Å². The molecule has 0 aromatic heterocycles. The second-order valence-corrected chi connectivity index (χ2v) is 3.26. The van der Waals surface area contributed by atoms with Crippen molar-refractivity contribution in [3.63, 3.8) is 0 Å². The van der Waals surface area contributed by atoms with Crippen molar-refractivity contribution in [2.45, 2.75) is 27.7 Å². The van der Waals surface area contributed by atoms with Crippen LogP contribution < -0.4 is 0 Å². The molecule has 0 aliphatic heterocycles. The number of carbonyl (C=O) groups excluding carboxylic acids is 2. The zero-order chi connectivity index (χ0) is 14.0. The molecule has 0 amide bonds. The van der Waals surface area contributed by atoms with Gasteiger partial charge in [0.15, 0.2) is 0 Å². The molecular formula is C12H30N2O2. The Hall–Kier alpha value is -0.740. The normalized spacial score (nSPS) is 7.62. The summed E-state index contributed by atoms with van der Waals surface area (Å²) in [5.74, 6) is 0. The number of rotatable bonds is 2. The first-order valence-electron chi connectivity index (χ1n) is 5.46. The van der Waals surface area contributed by atoms with Gasteiger partial charge in [0.1, 0.15) is 12.6 Å². The highest BCUT2D eigenvalue weighted by Crippen LogP contribution is 1.64. The maximum atomic E-state index is 8.81. The summed E-state index contributed by atoms with van der Waals surface area (Å²) in [4.78, 5) is 21.9. The van der Waals surface area contributed by atoms with E-state index < -0.39 is 0 Å². The highest BCUT2D eigenvalue weighted by Gasteiger charge is 1.72. The van der Waals surface area contributed by atoms with E-state index >= 15 is 0 Å². The van der Waals surface area contributed by atoms with Crippen LogP contribution in [0.4, 0.5) is 0 Å². The lowest BCUT2D eigenvalue weighted by molar-refractivity contribution is -0.106. The molecule has 4 heteroatoms. The van der Waals surface area contributed by atoms with E-state index in [1.165, 1.54) is 13.8 Å².